The molecule has 0 radical (unpaired) electrons. The summed E-state index contributed by atoms with van der Waals surface area (Å²) >= 11 is 3.35. The van der Waals surface area contributed by atoms with Gasteiger partial charge in [-0.05, 0) is 58.4 Å². The van der Waals surface area contributed by atoms with Gasteiger partial charge in [-0.15, -0.1) is 0 Å². The van der Waals surface area contributed by atoms with E-state index in [9.17, 15) is 9.18 Å². The van der Waals surface area contributed by atoms with E-state index in [1.165, 1.54) is 6.07 Å². The minimum atomic E-state index is -0.733. The van der Waals surface area contributed by atoms with Crippen LogP contribution in [0.15, 0.2) is 22.7 Å². The van der Waals surface area contributed by atoms with Crippen molar-refractivity contribution in [2.24, 2.45) is 0 Å². The Morgan fingerprint density at radius 1 is 1.29 bits per heavy atom. The van der Waals surface area contributed by atoms with Crippen LogP contribution in [0.1, 0.15) is 52.4 Å². The molecule has 24 heavy (non-hydrogen) atoms. The summed E-state index contributed by atoms with van der Waals surface area (Å²) in [6.45, 7) is 9.70. The van der Waals surface area contributed by atoms with Crippen LogP contribution in [-0.2, 0) is 18.8 Å². The molecule has 0 saturated carbocycles. The minimum Gasteiger partial charge on any atom is -0.466 e. The van der Waals surface area contributed by atoms with Gasteiger partial charge in [0, 0.05) is 10.3 Å². The van der Waals surface area contributed by atoms with E-state index in [0.29, 0.717) is 5.56 Å². The number of benzene rings is 1. The lowest BCUT2D eigenvalue weighted by Gasteiger charge is -2.32. The highest BCUT2D eigenvalue weighted by Crippen LogP contribution is 2.42. The summed E-state index contributed by atoms with van der Waals surface area (Å²) in [5, 5.41) is 0. The molecule has 0 bridgehead atoms. The molecule has 2 rings (SSSR count). The van der Waals surface area contributed by atoms with E-state index in [4.69, 9.17) is 14.0 Å². The van der Waals surface area contributed by atoms with Crippen LogP contribution >= 0.6 is 15.9 Å². The predicted molar refractivity (Wildman–Crippen MR) is 94.2 cm³/mol. The van der Waals surface area contributed by atoms with E-state index >= 15 is 0 Å². The lowest BCUT2D eigenvalue weighted by atomic mass is 9.66. The number of halogens is 2. The number of esters is 1. The van der Waals surface area contributed by atoms with Crippen molar-refractivity contribution < 1.29 is 23.2 Å². The van der Waals surface area contributed by atoms with Crippen molar-refractivity contribution >= 4 is 29.0 Å². The van der Waals surface area contributed by atoms with Crippen molar-refractivity contribution in [2.75, 3.05) is 6.61 Å². The minimum absolute atomic E-state index is 0.0158. The van der Waals surface area contributed by atoms with Gasteiger partial charge in [0.25, 0.3) is 0 Å². The van der Waals surface area contributed by atoms with E-state index < -0.39 is 35.9 Å². The van der Waals surface area contributed by atoms with Crippen LogP contribution in [-0.4, -0.2) is 30.9 Å². The second-order valence-corrected chi connectivity index (χ2v) is 7.82. The molecule has 1 aliphatic heterocycles. The van der Waals surface area contributed by atoms with Crippen LogP contribution in [0.4, 0.5) is 4.39 Å². The fourth-order valence-corrected chi connectivity index (χ4v) is 2.98. The monoisotopic (exact) mass is 400 g/mol. The van der Waals surface area contributed by atoms with Gasteiger partial charge in [0.2, 0.25) is 0 Å². The van der Waals surface area contributed by atoms with Crippen LogP contribution in [0, 0.1) is 5.82 Å². The van der Waals surface area contributed by atoms with Gasteiger partial charge in [-0.1, -0.05) is 15.9 Å². The maximum Gasteiger partial charge on any atom is 0.466 e. The third kappa shape index (κ3) is 4.00. The molecule has 0 amide bonds. The number of carbonyl (C=O) groups excluding carboxylic acids is 1. The summed E-state index contributed by atoms with van der Waals surface area (Å²) in [5.74, 6) is -1.40. The van der Waals surface area contributed by atoms with Crippen molar-refractivity contribution in [2.45, 2.75) is 58.1 Å². The zero-order valence-electron chi connectivity index (χ0n) is 14.7. The first kappa shape index (κ1) is 19.4. The second-order valence-electron chi connectivity index (χ2n) is 6.91. The van der Waals surface area contributed by atoms with Crippen LogP contribution in [0.5, 0.6) is 0 Å². The summed E-state index contributed by atoms with van der Waals surface area (Å²) in [7, 11) is -0.733. The Bertz CT molecular complexity index is 605. The smallest absolute Gasteiger partial charge is 0.466 e. The summed E-state index contributed by atoms with van der Waals surface area (Å²) in [6.07, 6.45) is -0.0158. The Hall–Kier alpha value is -0.915. The zero-order chi connectivity index (χ0) is 18.1. The average molecular weight is 401 g/mol. The normalized spacial score (nSPS) is 20.0. The molecule has 4 nitrogen and oxygen atoms in total. The summed E-state index contributed by atoms with van der Waals surface area (Å²) < 4.78 is 32.3. The number of rotatable bonds is 5. The Morgan fingerprint density at radius 2 is 1.88 bits per heavy atom. The Balaban J connectivity index is 2.37. The second kappa shape index (κ2) is 7.14. The van der Waals surface area contributed by atoms with E-state index in [1.54, 1.807) is 19.1 Å². The highest BCUT2D eigenvalue weighted by Gasteiger charge is 2.54. The lowest BCUT2D eigenvalue weighted by molar-refractivity contribution is -0.143. The van der Waals surface area contributed by atoms with Gasteiger partial charge in [-0.25, -0.2) is 4.39 Å². The largest absolute Gasteiger partial charge is 0.466 e. The number of carbonyl (C=O) groups is 1. The molecule has 7 heteroatoms. The van der Waals surface area contributed by atoms with Gasteiger partial charge in [0.1, 0.15) is 5.82 Å². The Kier molecular flexibility index (Phi) is 5.77. The fourth-order valence-electron chi connectivity index (χ4n) is 2.60. The van der Waals surface area contributed by atoms with E-state index in [-0.39, 0.29) is 13.0 Å². The van der Waals surface area contributed by atoms with Gasteiger partial charge in [-0.2, -0.15) is 0 Å². The quantitative estimate of drug-likeness (QED) is 0.547. The summed E-state index contributed by atoms with van der Waals surface area (Å²) in [5.41, 5.74) is -0.754. The molecule has 1 aromatic carbocycles. The van der Waals surface area contributed by atoms with E-state index in [2.05, 4.69) is 15.9 Å². The van der Waals surface area contributed by atoms with Crippen LogP contribution in [0.25, 0.3) is 0 Å². The van der Waals surface area contributed by atoms with E-state index in [0.717, 1.165) is 4.47 Å². The highest BCUT2D eigenvalue weighted by molar-refractivity contribution is 9.10. The van der Waals surface area contributed by atoms with Gasteiger partial charge in [-0.3, -0.25) is 4.79 Å². The van der Waals surface area contributed by atoms with Gasteiger partial charge >= 0.3 is 13.1 Å². The molecule has 0 N–H and O–H groups in total. The van der Waals surface area contributed by atoms with Crippen molar-refractivity contribution in [3.05, 3.63) is 34.1 Å². The molecule has 1 aromatic rings. The van der Waals surface area contributed by atoms with E-state index in [1.807, 2.05) is 27.7 Å². The van der Waals surface area contributed by atoms with Gasteiger partial charge in [0.15, 0.2) is 0 Å². The molecule has 0 aromatic heterocycles. The molecule has 1 atom stereocenters. The zero-order valence-corrected chi connectivity index (χ0v) is 16.3. The topological polar surface area (TPSA) is 44.8 Å². The highest BCUT2D eigenvalue weighted by atomic mass is 79.9. The summed E-state index contributed by atoms with van der Waals surface area (Å²) in [4.78, 5) is 12.0. The SMILES string of the molecule is CCOC(=O)CC(B1OC(C)(C)C(C)(C)O1)c1cc(Br)ccc1F. The number of hydrogen-bond donors (Lipinski definition) is 0. The molecule has 0 aliphatic carbocycles. The summed E-state index contributed by atoms with van der Waals surface area (Å²) in [6, 6.07) is 4.64. The average Bonchev–Trinajstić information content (AvgIpc) is 2.68. The van der Waals surface area contributed by atoms with Crippen LogP contribution in [0.2, 0.25) is 0 Å². The first-order valence-electron chi connectivity index (χ1n) is 8.03. The number of hydrogen-bond acceptors (Lipinski definition) is 4. The third-order valence-corrected chi connectivity index (χ3v) is 5.14. The number of ether oxygens (including phenoxy) is 1. The van der Waals surface area contributed by atoms with Crippen molar-refractivity contribution in [3.8, 4) is 0 Å². The Morgan fingerprint density at radius 3 is 2.42 bits per heavy atom. The molecule has 1 aliphatic rings. The standard InChI is InChI=1S/C17H23BBrFO4/c1-6-22-15(21)10-13(12-9-11(19)7-8-14(12)20)18-23-16(2,3)17(4,5)24-18/h7-9,13H,6,10H2,1-5H3. The van der Waals surface area contributed by atoms with Gasteiger partial charge in [0.05, 0.1) is 24.2 Å². The molecule has 0 spiro atoms. The van der Waals surface area contributed by atoms with Crippen LogP contribution < -0.4 is 0 Å². The van der Waals surface area contributed by atoms with Crippen molar-refractivity contribution in [1.29, 1.82) is 0 Å². The first-order chi connectivity index (χ1) is 11.1. The first-order valence-corrected chi connectivity index (χ1v) is 8.83. The molecule has 1 unspecified atom stereocenters. The lowest BCUT2D eigenvalue weighted by Crippen LogP contribution is -2.41. The molecule has 132 valence electrons. The molecule has 1 saturated heterocycles. The van der Waals surface area contributed by atoms with Gasteiger partial charge < -0.3 is 14.0 Å². The molecular formula is C17H23BBrFO4. The molecule has 1 fully saturated rings. The predicted octanol–water partition coefficient (Wildman–Crippen LogP) is 4.26. The fraction of sp³-hybridized carbons (Fsp3) is 0.588. The van der Waals surface area contributed by atoms with Crippen molar-refractivity contribution in [3.63, 3.8) is 0 Å². The van der Waals surface area contributed by atoms with Crippen molar-refractivity contribution in [1.82, 2.24) is 0 Å². The maximum absolute atomic E-state index is 14.4. The van der Waals surface area contributed by atoms with Crippen LogP contribution in [0.3, 0.4) is 0 Å². The molecular weight excluding hydrogens is 378 g/mol. The molecule has 1 heterocycles. The maximum atomic E-state index is 14.4. The third-order valence-electron chi connectivity index (χ3n) is 4.65. The Labute approximate surface area is 151 Å².